The van der Waals surface area contributed by atoms with Crippen LogP contribution in [0.4, 0.5) is 8.78 Å². The average molecular weight is 312 g/mol. The van der Waals surface area contributed by atoms with E-state index in [0.717, 1.165) is 0 Å². The van der Waals surface area contributed by atoms with Crippen molar-refractivity contribution in [2.75, 3.05) is 7.11 Å². The predicted molar refractivity (Wildman–Crippen MR) is 73.5 cm³/mol. The molecule has 1 N–H and O–H groups in total. The lowest BCUT2D eigenvalue weighted by Gasteiger charge is -2.11. The van der Waals surface area contributed by atoms with Crippen LogP contribution in [-0.2, 0) is 6.54 Å². The van der Waals surface area contributed by atoms with Gasteiger partial charge in [0.25, 0.3) is 0 Å². The van der Waals surface area contributed by atoms with E-state index in [0.29, 0.717) is 17.7 Å². The molecular formula is C14H14F2N2O4. The first kappa shape index (κ1) is 15.7. The number of rotatable bonds is 6. The van der Waals surface area contributed by atoms with E-state index in [2.05, 4.69) is 9.84 Å². The minimum absolute atomic E-state index is 0.129. The van der Waals surface area contributed by atoms with E-state index in [1.165, 1.54) is 30.1 Å². The van der Waals surface area contributed by atoms with Gasteiger partial charge in [-0.3, -0.25) is 4.68 Å². The normalized spacial score (nSPS) is 10.8. The summed E-state index contributed by atoms with van der Waals surface area (Å²) in [5.74, 6) is -1.24. The quantitative estimate of drug-likeness (QED) is 0.888. The van der Waals surface area contributed by atoms with Gasteiger partial charge in [-0.25, -0.2) is 4.79 Å². The van der Waals surface area contributed by atoms with Gasteiger partial charge in [0.15, 0.2) is 17.2 Å². The van der Waals surface area contributed by atoms with Crippen molar-refractivity contribution in [3.63, 3.8) is 0 Å². The number of nitrogens with zero attached hydrogens (tertiary/aromatic N) is 2. The molecule has 0 radical (unpaired) electrons. The molecule has 0 aliphatic rings. The van der Waals surface area contributed by atoms with Crippen molar-refractivity contribution in [3.8, 4) is 22.6 Å². The number of ether oxygens (including phenoxy) is 2. The maximum Gasteiger partial charge on any atom is 0.387 e. The molecule has 0 fully saturated rings. The molecule has 22 heavy (non-hydrogen) atoms. The summed E-state index contributed by atoms with van der Waals surface area (Å²) in [6.45, 7) is -0.722. The second kappa shape index (κ2) is 6.42. The summed E-state index contributed by atoms with van der Waals surface area (Å²) < 4.78 is 35.7. The Bertz CT molecular complexity index is 685. The minimum Gasteiger partial charge on any atom is -0.493 e. The van der Waals surface area contributed by atoms with Gasteiger partial charge in [0.1, 0.15) is 0 Å². The van der Waals surface area contributed by atoms with Crippen LogP contribution in [0, 0.1) is 0 Å². The smallest absolute Gasteiger partial charge is 0.387 e. The molecule has 0 bridgehead atoms. The Morgan fingerprint density at radius 3 is 2.68 bits per heavy atom. The summed E-state index contributed by atoms with van der Waals surface area (Å²) in [6.07, 6.45) is 1.54. The van der Waals surface area contributed by atoms with E-state index in [1.807, 2.05) is 6.92 Å². The summed E-state index contributed by atoms with van der Waals surface area (Å²) in [5.41, 5.74) is 0.555. The zero-order chi connectivity index (χ0) is 16.3. The summed E-state index contributed by atoms with van der Waals surface area (Å²) in [7, 11) is 1.32. The van der Waals surface area contributed by atoms with Crippen molar-refractivity contribution in [1.29, 1.82) is 0 Å². The van der Waals surface area contributed by atoms with Crippen LogP contribution in [-0.4, -0.2) is 34.6 Å². The van der Waals surface area contributed by atoms with Crippen LogP contribution in [0.5, 0.6) is 11.5 Å². The summed E-state index contributed by atoms with van der Waals surface area (Å²) >= 11 is 0. The van der Waals surface area contributed by atoms with Crippen LogP contribution in [0.25, 0.3) is 11.1 Å². The van der Waals surface area contributed by atoms with Gasteiger partial charge in [-0.2, -0.15) is 13.9 Å². The third kappa shape index (κ3) is 3.16. The second-order valence-corrected chi connectivity index (χ2v) is 4.30. The van der Waals surface area contributed by atoms with Gasteiger partial charge in [0.05, 0.1) is 7.11 Å². The molecule has 0 saturated heterocycles. The highest BCUT2D eigenvalue weighted by atomic mass is 19.3. The first-order valence-electron chi connectivity index (χ1n) is 6.40. The number of carbonyl (C=O) groups is 1. The highest BCUT2D eigenvalue weighted by Crippen LogP contribution is 2.34. The van der Waals surface area contributed by atoms with Crippen LogP contribution in [0.2, 0.25) is 0 Å². The molecule has 6 nitrogen and oxygen atoms in total. The van der Waals surface area contributed by atoms with Crippen LogP contribution >= 0.6 is 0 Å². The zero-order valence-corrected chi connectivity index (χ0v) is 11.9. The molecule has 0 unspecified atom stereocenters. The third-order valence-electron chi connectivity index (χ3n) is 2.98. The van der Waals surface area contributed by atoms with Gasteiger partial charge in [0.2, 0.25) is 0 Å². The SMILES string of the molecule is CCn1cc(-c2ccc(OC)c(OC(F)F)c2)c(C(=O)O)n1. The number of halogens is 2. The number of aromatic carboxylic acids is 1. The van der Waals surface area contributed by atoms with Crippen LogP contribution < -0.4 is 9.47 Å². The van der Waals surface area contributed by atoms with Gasteiger partial charge in [-0.1, -0.05) is 6.07 Å². The molecule has 0 atom stereocenters. The van der Waals surface area contributed by atoms with Gasteiger partial charge < -0.3 is 14.6 Å². The second-order valence-electron chi connectivity index (χ2n) is 4.30. The van der Waals surface area contributed by atoms with Crippen molar-refractivity contribution in [2.24, 2.45) is 0 Å². The molecule has 0 saturated carbocycles. The Morgan fingerprint density at radius 2 is 2.14 bits per heavy atom. The third-order valence-corrected chi connectivity index (χ3v) is 2.98. The topological polar surface area (TPSA) is 73.6 Å². The molecule has 1 heterocycles. The van der Waals surface area contributed by atoms with Crippen LogP contribution in [0.3, 0.4) is 0 Å². The van der Waals surface area contributed by atoms with Crippen LogP contribution in [0.1, 0.15) is 17.4 Å². The fourth-order valence-electron chi connectivity index (χ4n) is 1.98. The van der Waals surface area contributed by atoms with E-state index in [1.54, 1.807) is 6.07 Å². The van der Waals surface area contributed by atoms with E-state index in [4.69, 9.17) is 4.74 Å². The molecule has 2 rings (SSSR count). The summed E-state index contributed by atoms with van der Waals surface area (Å²) in [4.78, 5) is 11.3. The summed E-state index contributed by atoms with van der Waals surface area (Å²) in [6, 6.07) is 4.29. The van der Waals surface area contributed by atoms with Gasteiger partial charge in [-0.15, -0.1) is 0 Å². The lowest BCUT2D eigenvalue weighted by atomic mass is 10.1. The fourth-order valence-corrected chi connectivity index (χ4v) is 1.98. The van der Waals surface area contributed by atoms with Gasteiger partial charge in [0, 0.05) is 18.3 Å². The molecule has 1 aromatic carbocycles. The Kier molecular flexibility index (Phi) is 4.59. The number of alkyl halides is 2. The molecule has 1 aromatic heterocycles. The number of aryl methyl sites for hydroxylation is 1. The number of carboxylic acids is 1. The Hall–Kier alpha value is -2.64. The number of aromatic nitrogens is 2. The van der Waals surface area contributed by atoms with Crippen molar-refractivity contribution in [2.45, 2.75) is 20.1 Å². The largest absolute Gasteiger partial charge is 0.493 e. The maximum atomic E-state index is 12.4. The van der Waals surface area contributed by atoms with E-state index < -0.39 is 12.6 Å². The molecule has 2 aromatic rings. The number of carboxylic acid groups (broad SMARTS) is 1. The number of hydrogen-bond acceptors (Lipinski definition) is 4. The molecule has 118 valence electrons. The molecule has 0 aliphatic heterocycles. The molecule has 8 heteroatoms. The number of hydrogen-bond donors (Lipinski definition) is 1. The first-order chi connectivity index (χ1) is 10.5. The van der Waals surface area contributed by atoms with E-state index in [9.17, 15) is 18.7 Å². The average Bonchev–Trinajstić information content (AvgIpc) is 2.91. The standard InChI is InChI=1S/C14H14F2N2O4/c1-3-18-7-9(12(17-18)13(19)20)8-4-5-10(21-2)11(6-8)22-14(15)16/h4-7,14H,3H2,1-2H3,(H,19,20). The summed E-state index contributed by atoms with van der Waals surface area (Å²) in [5, 5.41) is 13.1. The first-order valence-corrected chi connectivity index (χ1v) is 6.40. The lowest BCUT2D eigenvalue weighted by molar-refractivity contribution is -0.0511. The van der Waals surface area contributed by atoms with E-state index in [-0.39, 0.29) is 17.2 Å². The van der Waals surface area contributed by atoms with Gasteiger partial charge in [-0.05, 0) is 24.6 Å². The molecule has 0 aliphatic carbocycles. The maximum absolute atomic E-state index is 12.4. The highest BCUT2D eigenvalue weighted by molar-refractivity contribution is 5.94. The van der Waals surface area contributed by atoms with Crippen molar-refractivity contribution >= 4 is 5.97 Å². The van der Waals surface area contributed by atoms with Crippen LogP contribution in [0.15, 0.2) is 24.4 Å². The van der Waals surface area contributed by atoms with Crippen molar-refractivity contribution in [1.82, 2.24) is 9.78 Å². The monoisotopic (exact) mass is 312 g/mol. The van der Waals surface area contributed by atoms with Crippen molar-refractivity contribution in [3.05, 3.63) is 30.1 Å². The lowest BCUT2D eigenvalue weighted by Crippen LogP contribution is -2.04. The van der Waals surface area contributed by atoms with Gasteiger partial charge >= 0.3 is 12.6 Å². The Balaban J connectivity index is 2.53. The van der Waals surface area contributed by atoms with E-state index >= 15 is 0 Å². The predicted octanol–water partition coefficient (Wildman–Crippen LogP) is 2.88. The number of benzene rings is 1. The molecular weight excluding hydrogens is 298 g/mol. The molecule has 0 spiro atoms. The zero-order valence-electron chi connectivity index (χ0n) is 11.9. The Labute approximate surface area is 124 Å². The minimum atomic E-state index is -3.01. The Morgan fingerprint density at radius 1 is 1.41 bits per heavy atom. The number of methoxy groups -OCH3 is 1. The molecule has 0 amide bonds. The van der Waals surface area contributed by atoms with Crippen molar-refractivity contribution < 1.29 is 28.2 Å². The highest BCUT2D eigenvalue weighted by Gasteiger charge is 2.19. The fraction of sp³-hybridized carbons (Fsp3) is 0.286.